The van der Waals surface area contributed by atoms with Crippen LogP contribution in [-0.2, 0) is 6.54 Å². The fraction of sp³-hybridized carbons (Fsp3) is 0.462. The minimum atomic E-state index is -4.63. The number of aryl methyl sites for hydroxylation is 1. The van der Waals surface area contributed by atoms with Gasteiger partial charge in [-0.15, -0.1) is 0 Å². The van der Waals surface area contributed by atoms with Crippen molar-refractivity contribution in [1.82, 2.24) is 9.88 Å². The molecule has 0 aliphatic heterocycles. The molecule has 1 N–H and O–H groups in total. The Morgan fingerprint density at radius 2 is 2.14 bits per heavy atom. The zero-order valence-electron chi connectivity index (χ0n) is 11.5. The lowest BCUT2D eigenvalue weighted by atomic mass is 10.3. The average molecular weight is 304 g/mol. The minimum Gasteiger partial charge on any atom is -0.459 e. The van der Waals surface area contributed by atoms with Crippen LogP contribution >= 0.6 is 0 Å². The van der Waals surface area contributed by atoms with E-state index >= 15 is 0 Å². The van der Waals surface area contributed by atoms with E-state index in [4.69, 9.17) is 13.9 Å². The first-order chi connectivity index (χ1) is 9.77. The normalized spacial score (nSPS) is 13.9. The summed E-state index contributed by atoms with van der Waals surface area (Å²) in [5.41, 5.74) is 0.498. The number of alkyl halides is 3. The molecule has 0 saturated carbocycles. The Hall–Kier alpha value is -1.80. The van der Waals surface area contributed by atoms with Gasteiger partial charge in [-0.05, 0) is 26.1 Å². The lowest BCUT2D eigenvalue weighted by Gasteiger charge is -2.21. The smallest absolute Gasteiger partial charge is 0.415 e. The Balaban J connectivity index is 2.03. The molecule has 2 aromatic heterocycles. The second-order valence-electron chi connectivity index (χ2n) is 4.75. The highest BCUT2D eigenvalue weighted by Gasteiger charge is 2.38. The number of rotatable bonds is 5. The van der Waals surface area contributed by atoms with Crippen molar-refractivity contribution in [2.45, 2.75) is 25.7 Å². The van der Waals surface area contributed by atoms with Gasteiger partial charge in [0, 0.05) is 13.1 Å². The average Bonchev–Trinajstić information content (AvgIpc) is 2.98. The van der Waals surface area contributed by atoms with Crippen LogP contribution in [0, 0.1) is 6.92 Å². The lowest BCUT2D eigenvalue weighted by molar-refractivity contribution is -0.207. The molecule has 5 nitrogen and oxygen atoms in total. The van der Waals surface area contributed by atoms with E-state index in [1.165, 1.54) is 18.2 Å². The van der Waals surface area contributed by atoms with Gasteiger partial charge in [0.2, 0.25) is 0 Å². The zero-order valence-corrected chi connectivity index (χ0v) is 11.5. The summed E-state index contributed by atoms with van der Waals surface area (Å²) in [5.74, 6) is 1.22. The van der Waals surface area contributed by atoms with Crippen LogP contribution in [0.5, 0.6) is 0 Å². The third-order valence-corrected chi connectivity index (χ3v) is 2.91. The molecule has 0 spiro atoms. The summed E-state index contributed by atoms with van der Waals surface area (Å²) < 4.78 is 47.4. The molecule has 0 amide bonds. The summed E-state index contributed by atoms with van der Waals surface area (Å²) in [7, 11) is 1.47. The fourth-order valence-electron chi connectivity index (χ4n) is 1.80. The van der Waals surface area contributed by atoms with Gasteiger partial charge in [-0.1, -0.05) is 0 Å². The molecule has 0 aliphatic carbocycles. The topological polar surface area (TPSA) is 62.6 Å². The van der Waals surface area contributed by atoms with Crippen LogP contribution < -0.4 is 0 Å². The maximum atomic E-state index is 12.3. The molecular formula is C13H15F3N2O3. The number of furan rings is 1. The first-order valence-electron chi connectivity index (χ1n) is 6.21. The summed E-state index contributed by atoms with van der Waals surface area (Å²) in [6, 6.07) is 3.35. The van der Waals surface area contributed by atoms with Gasteiger partial charge >= 0.3 is 6.18 Å². The van der Waals surface area contributed by atoms with Gasteiger partial charge in [-0.2, -0.15) is 13.2 Å². The zero-order chi connectivity index (χ0) is 15.6. The highest BCUT2D eigenvalue weighted by molar-refractivity contribution is 5.44. The number of aromatic nitrogens is 1. The van der Waals surface area contributed by atoms with Crippen LogP contribution in [0.1, 0.15) is 11.5 Å². The molecule has 0 aromatic carbocycles. The molecule has 2 aromatic rings. The molecule has 0 saturated heterocycles. The van der Waals surface area contributed by atoms with Crippen molar-refractivity contribution in [3.63, 3.8) is 0 Å². The molecule has 1 unspecified atom stereocenters. The van der Waals surface area contributed by atoms with Crippen LogP contribution in [0.25, 0.3) is 11.7 Å². The maximum absolute atomic E-state index is 12.3. The minimum absolute atomic E-state index is 0.128. The maximum Gasteiger partial charge on any atom is 0.415 e. The molecule has 8 heteroatoms. The number of aliphatic hydroxyl groups is 1. The van der Waals surface area contributed by atoms with E-state index in [9.17, 15) is 13.2 Å². The van der Waals surface area contributed by atoms with Crippen molar-refractivity contribution >= 4 is 0 Å². The van der Waals surface area contributed by atoms with E-state index in [0.717, 1.165) is 0 Å². The Bertz CT molecular complexity index is 578. The third-order valence-electron chi connectivity index (χ3n) is 2.91. The molecule has 0 radical (unpaired) electrons. The number of likely N-dealkylation sites (N-methyl/N-ethyl adjacent to an activating group) is 1. The van der Waals surface area contributed by atoms with E-state index in [1.54, 1.807) is 19.1 Å². The molecule has 2 heterocycles. The standard InChI is InChI=1S/C13H15F3N2O3/c1-8-9(6-18(2)7-11(19)13(14,15)16)17-12(21-8)10-4-3-5-20-10/h3-5,11,19H,6-7H2,1-2H3. The highest BCUT2D eigenvalue weighted by atomic mass is 19.4. The molecule has 21 heavy (non-hydrogen) atoms. The van der Waals surface area contributed by atoms with Crippen molar-refractivity contribution in [2.75, 3.05) is 13.6 Å². The monoisotopic (exact) mass is 304 g/mol. The van der Waals surface area contributed by atoms with Gasteiger partial charge in [0.05, 0.1) is 12.0 Å². The van der Waals surface area contributed by atoms with Gasteiger partial charge < -0.3 is 13.9 Å². The fourth-order valence-corrected chi connectivity index (χ4v) is 1.80. The quantitative estimate of drug-likeness (QED) is 0.920. The number of halogens is 3. The molecule has 116 valence electrons. The summed E-state index contributed by atoms with van der Waals surface area (Å²) in [4.78, 5) is 5.53. The molecule has 2 rings (SSSR count). The third kappa shape index (κ3) is 3.85. The predicted octanol–water partition coefficient (Wildman–Crippen LogP) is 2.60. The number of hydrogen-bond acceptors (Lipinski definition) is 5. The lowest BCUT2D eigenvalue weighted by Crippen LogP contribution is -2.39. The van der Waals surface area contributed by atoms with E-state index < -0.39 is 18.8 Å². The first-order valence-corrected chi connectivity index (χ1v) is 6.21. The SMILES string of the molecule is Cc1oc(-c2ccco2)nc1CN(C)CC(O)C(F)(F)F. The van der Waals surface area contributed by atoms with Crippen LogP contribution in [0.2, 0.25) is 0 Å². The van der Waals surface area contributed by atoms with Gasteiger partial charge in [-0.3, -0.25) is 4.90 Å². The molecular weight excluding hydrogens is 289 g/mol. The predicted molar refractivity (Wildman–Crippen MR) is 67.3 cm³/mol. The summed E-state index contributed by atoms with van der Waals surface area (Å²) in [6.45, 7) is 1.26. The summed E-state index contributed by atoms with van der Waals surface area (Å²) in [6.07, 6.45) is -5.55. The van der Waals surface area contributed by atoms with Crippen molar-refractivity contribution in [2.24, 2.45) is 0 Å². The van der Waals surface area contributed by atoms with Crippen molar-refractivity contribution < 1.29 is 27.1 Å². The first kappa shape index (κ1) is 15.6. The van der Waals surface area contributed by atoms with Gasteiger partial charge in [-0.25, -0.2) is 4.98 Å². The Kier molecular flexibility index (Phi) is 4.38. The van der Waals surface area contributed by atoms with E-state index in [-0.39, 0.29) is 12.4 Å². The number of hydrogen-bond donors (Lipinski definition) is 1. The van der Waals surface area contributed by atoms with E-state index in [0.29, 0.717) is 17.2 Å². The Labute approximate surface area is 119 Å². The molecule has 1 atom stereocenters. The second-order valence-corrected chi connectivity index (χ2v) is 4.75. The van der Waals surface area contributed by atoms with Crippen LogP contribution in [0.4, 0.5) is 13.2 Å². The second kappa shape index (κ2) is 5.90. The molecule has 0 aliphatic rings. The van der Waals surface area contributed by atoms with E-state index in [2.05, 4.69) is 4.98 Å². The van der Waals surface area contributed by atoms with Gasteiger partial charge in [0.15, 0.2) is 11.9 Å². The van der Waals surface area contributed by atoms with Gasteiger partial charge in [0.1, 0.15) is 5.76 Å². The van der Waals surface area contributed by atoms with Crippen LogP contribution in [0.3, 0.4) is 0 Å². The summed E-state index contributed by atoms with van der Waals surface area (Å²) >= 11 is 0. The summed E-state index contributed by atoms with van der Waals surface area (Å²) in [5, 5.41) is 9.03. The molecule has 0 fully saturated rings. The van der Waals surface area contributed by atoms with Crippen LogP contribution in [-0.4, -0.2) is 40.9 Å². The number of aliphatic hydroxyl groups excluding tert-OH is 1. The Morgan fingerprint density at radius 1 is 1.43 bits per heavy atom. The Morgan fingerprint density at radius 3 is 2.71 bits per heavy atom. The van der Waals surface area contributed by atoms with Crippen LogP contribution in [0.15, 0.2) is 27.2 Å². The number of oxazole rings is 1. The van der Waals surface area contributed by atoms with Gasteiger partial charge in [0.25, 0.3) is 5.89 Å². The van der Waals surface area contributed by atoms with Crippen molar-refractivity contribution in [1.29, 1.82) is 0 Å². The molecule has 0 bridgehead atoms. The highest BCUT2D eigenvalue weighted by Crippen LogP contribution is 2.24. The van der Waals surface area contributed by atoms with E-state index in [1.807, 2.05) is 0 Å². The number of nitrogens with zero attached hydrogens (tertiary/aromatic N) is 2. The van der Waals surface area contributed by atoms with Crippen molar-refractivity contribution in [3.05, 3.63) is 29.9 Å². The van der Waals surface area contributed by atoms with Crippen molar-refractivity contribution in [3.8, 4) is 11.7 Å². The largest absolute Gasteiger partial charge is 0.459 e.